The lowest BCUT2D eigenvalue weighted by Crippen LogP contribution is -1.99. The van der Waals surface area contributed by atoms with Crippen molar-refractivity contribution in [2.45, 2.75) is 6.92 Å². The summed E-state index contributed by atoms with van der Waals surface area (Å²) in [5.41, 5.74) is 1.86. The zero-order valence-electron chi connectivity index (χ0n) is 6.50. The Kier molecular flexibility index (Phi) is 2.54. The summed E-state index contributed by atoms with van der Waals surface area (Å²) in [5.74, 6) is 0. The molecule has 0 aliphatic rings. The van der Waals surface area contributed by atoms with Crippen molar-refractivity contribution < 1.29 is 4.74 Å². The van der Waals surface area contributed by atoms with Gasteiger partial charge in [0.25, 0.3) is 0 Å². The highest BCUT2D eigenvalue weighted by Gasteiger charge is 1.98. The zero-order chi connectivity index (χ0) is 8.27. The molecule has 11 heavy (non-hydrogen) atoms. The van der Waals surface area contributed by atoms with E-state index < -0.39 is 0 Å². The molecule has 0 saturated heterocycles. The second kappa shape index (κ2) is 3.44. The molecule has 0 bridgehead atoms. The van der Waals surface area contributed by atoms with Gasteiger partial charge in [0.2, 0.25) is 0 Å². The summed E-state index contributed by atoms with van der Waals surface area (Å²) in [5, 5.41) is 0.510. The van der Waals surface area contributed by atoms with Gasteiger partial charge in [-0.15, -0.1) is 0 Å². The van der Waals surface area contributed by atoms with Gasteiger partial charge in [-0.25, -0.2) is 0 Å². The second-order valence-corrected chi connectivity index (χ2v) is 2.55. The first-order chi connectivity index (χ1) is 5.24. The molecule has 0 spiro atoms. The number of ether oxygens (including phenoxy) is 1. The molecule has 1 aromatic heterocycles. The lowest BCUT2D eigenvalue weighted by molar-refractivity contribution is 0.416. The lowest BCUT2D eigenvalue weighted by Gasteiger charge is -2.01. The number of pyridine rings is 1. The molecule has 0 amide bonds. The summed E-state index contributed by atoms with van der Waals surface area (Å²) >= 11 is 4.93. The van der Waals surface area contributed by atoms with E-state index in [4.69, 9.17) is 17.0 Å². The molecule has 2 nitrogen and oxygen atoms in total. The zero-order valence-corrected chi connectivity index (χ0v) is 7.31. The van der Waals surface area contributed by atoms with Gasteiger partial charge in [-0.1, -0.05) is 0 Å². The quantitative estimate of drug-likeness (QED) is 0.594. The summed E-state index contributed by atoms with van der Waals surface area (Å²) in [6, 6.07) is 3.73. The maximum Gasteiger partial charge on any atom is 0.190 e. The summed E-state index contributed by atoms with van der Waals surface area (Å²) in [4.78, 5) is 4.04. The minimum atomic E-state index is 0.510. The van der Waals surface area contributed by atoms with Crippen LogP contribution in [0.3, 0.4) is 0 Å². The monoisotopic (exact) mass is 167 g/mol. The van der Waals surface area contributed by atoms with Gasteiger partial charge in [0, 0.05) is 17.5 Å². The summed E-state index contributed by atoms with van der Waals surface area (Å²) in [6.45, 7) is 1.92. The van der Waals surface area contributed by atoms with Crippen LogP contribution in [0.25, 0.3) is 0 Å². The number of aryl methyl sites for hydroxylation is 1. The van der Waals surface area contributed by atoms with Crippen LogP contribution in [0.1, 0.15) is 11.3 Å². The highest BCUT2D eigenvalue weighted by atomic mass is 32.1. The van der Waals surface area contributed by atoms with Crippen LogP contribution in [0.4, 0.5) is 0 Å². The lowest BCUT2D eigenvalue weighted by atomic mass is 10.2. The number of hydrogen-bond donors (Lipinski definition) is 0. The number of thiocarbonyl (C=S) groups is 1. The predicted molar refractivity (Wildman–Crippen MR) is 47.7 cm³/mol. The predicted octanol–water partition coefficient (Wildman–Crippen LogP) is 1.71. The third-order valence-electron chi connectivity index (χ3n) is 1.32. The van der Waals surface area contributed by atoms with Gasteiger partial charge in [0.15, 0.2) is 5.05 Å². The summed E-state index contributed by atoms with van der Waals surface area (Å²) in [7, 11) is 1.57. The maximum absolute atomic E-state index is 4.93. The van der Waals surface area contributed by atoms with Gasteiger partial charge in [-0.05, 0) is 31.3 Å². The Morgan fingerprint density at radius 2 is 2.36 bits per heavy atom. The molecule has 0 radical (unpaired) electrons. The maximum atomic E-state index is 4.93. The fraction of sp³-hybridized carbons (Fsp3) is 0.250. The van der Waals surface area contributed by atoms with Gasteiger partial charge < -0.3 is 4.74 Å². The Morgan fingerprint density at radius 1 is 1.64 bits per heavy atom. The average Bonchev–Trinajstić information content (AvgIpc) is 2.03. The fourth-order valence-corrected chi connectivity index (χ4v) is 0.917. The SMILES string of the molecule is COC(=S)c1ccnc(C)c1. The molecule has 1 aromatic rings. The van der Waals surface area contributed by atoms with Crippen molar-refractivity contribution in [3.63, 3.8) is 0 Å². The van der Waals surface area contributed by atoms with Gasteiger partial charge in [0.1, 0.15) is 0 Å². The van der Waals surface area contributed by atoms with Gasteiger partial charge in [0.05, 0.1) is 7.11 Å². The molecule has 0 unspecified atom stereocenters. The van der Waals surface area contributed by atoms with Crippen LogP contribution in [-0.4, -0.2) is 17.1 Å². The second-order valence-electron chi connectivity index (χ2n) is 2.18. The molecule has 0 saturated carbocycles. The molecule has 0 atom stereocenters. The average molecular weight is 167 g/mol. The van der Waals surface area contributed by atoms with Crippen molar-refractivity contribution in [1.29, 1.82) is 0 Å². The standard InChI is InChI=1S/C8H9NOS/c1-6-5-7(3-4-9-6)8(11)10-2/h3-5H,1-2H3. The molecule has 0 N–H and O–H groups in total. The highest BCUT2D eigenvalue weighted by molar-refractivity contribution is 7.80. The minimum Gasteiger partial charge on any atom is -0.486 e. The van der Waals surface area contributed by atoms with E-state index in [2.05, 4.69) is 4.98 Å². The molecule has 1 rings (SSSR count). The summed E-state index contributed by atoms with van der Waals surface area (Å²) in [6.07, 6.45) is 1.72. The van der Waals surface area contributed by atoms with Crippen molar-refractivity contribution in [3.8, 4) is 0 Å². The molecule has 3 heteroatoms. The van der Waals surface area contributed by atoms with Crippen LogP contribution in [0.2, 0.25) is 0 Å². The van der Waals surface area contributed by atoms with Crippen LogP contribution < -0.4 is 0 Å². The number of hydrogen-bond acceptors (Lipinski definition) is 3. The van der Waals surface area contributed by atoms with E-state index in [0.29, 0.717) is 5.05 Å². The van der Waals surface area contributed by atoms with Crippen molar-refractivity contribution in [3.05, 3.63) is 29.6 Å². The van der Waals surface area contributed by atoms with Crippen molar-refractivity contribution in [2.24, 2.45) is 0 Å². The fourth-order valence-electron chi connectivity index (χ4n) is 0.790. The van der Waals surface area contributed by atoms with Crippen LogP contribution in [0, 0.1) is 6.92 Å². The Morgan fingerprint density at radius 3 is 2.91 bits per heavy atom. The van der Waals surface area contributed by atoms with E-state index >= 15 is 0 Å². The van der Waals surface area contributed by atoms with Crippen molar-refractivity contribution in [2.75, 3.05) is 7.11 Å². The van der Waals surface area contributed by atoms with Crippen LogP contribution >= 0.6 is 12.2 Å². The first-order valence-electron chi connectivity index (χ1n) is 3.25. The molecule has 0 aliphatic heterocycles. The van der Waals surface area contributed by atoms with Gasteiger partial charge >= 0.3 is 0 Å². The summed E-state index contributed by atoms with van der Waals surface area (Å²) < 4.78 is 4.89. The molecule has 0 fully saturated rings. The van der Waals surface area contributed by atoms with E-state index in [1.54, 1.807) is 13.3 Å². The first-order valence-corrected chi connectivity index (χ1v) is 3.66. The number of methoxy groups -OCH3 is 1. The smallest absolute Gasteiger partial charge is 0.190 e. The molecule has 1 heterocycles. The van der Waals surface area contributed by atoms with E-state index in [1.807, 2.05) is 19.1 Å². The van der Waals surface area contributed by atoms with Crippen LogP contribution in [0.15, 0.2) is 18.3 Å². The van der Waals surface area contributed by atoms with E-state index in [0.717, 1.165) is 11.3 Å². The van der Waals surface area contributed by atoms with E-state index in [1.165, 1.54) is 0 Å². The Labute approximate surface area is 71.2 Å². The molecular formula is C8H9NOS. The largest absolute Gasteiger partial charge is 0.486 e. The van der Waals surface area contributed by atoms with Gasteiger partial charge in [-0.3, -0.25) is 4.98 Å². The third-order valence-corrected chi connectivity index (χ3v) is 1.72. The van der Waals surface area contributed by atoms with Gasteiger partial charge in [-0.2, -0.15) is 0 Å². The van der Waals surface area contributed by atoms with Crippen molar-refractivity contribution >= 4 is 17.3 Å². The number of rotatable bonds is 1. The Hall–Kier alpha value is -0.960. The molecule has 0 aromatic carbocycles. The normalized spacial score (nSPS) is 9.27. The first kappa shape index (κ1) is 8.14. The molecule has 0 aliphatic carbocycles. The minimum absolute atomic E-state index is 0.510. The number of aromatic nitrogens is 1. The highest BCUT2D eigenvalue weighted by Crippen LogP contribution is 2.02. The number of nitrogens with zero attached hydrogens (tertiary/aromatic N) is 1. The van der Waals surface area contributed by atoms with E-state index in [-0.39, 0.29) is 0 Å². The van der Waals surface area contributed by atoms with Crippen LogP contribution in [0.5, 0.6) is 0 Å². The topological polar surface area (TPSA) is 22.1 Å². The Balaban J connectivity index is 2.96. The Bertz CT molecular complexity index is 273. The van der Waals surface area contributed by atoms with E-state index in [9.17, 15) is 0 Å². The van der Waals surface area contributed by atoms with Crippen LogP contribution in [-0.2, 0) is 4.74 Å². The molecular weight excluding hydrogens is 158 g/mol. The third kappa shape index (κ3) is 1.98. The van der Waals surface area contributed by atoms with Crippen molar-refractivity contribution in [1.82, 2.24) is 4.98 Å². The molecule has 58 valence electrons.